The van der Waals surface area contributed by atoms with Gasteiger partial charge in [-0.2, -0.15) is 5.10 Å². The predicted octanol–water partition coefficient (Wildman–Crippen LogP) is -0.292. The van der Waals surface area contributed by atoms with E-state index in [0.29, 0.717) is 19.6 Å². The number of hydrogen-bond donors (Lipinski definition) is 2. The summed E-state index contributed by atoms with van der Waals surface area (Å²) in [5, 5.41) is 10.2. The van der Waals surface area contributed by atoms with Crippen LogP contribution in [-0.4, -0.2) is 59.2 Å². The van der Waals surface area contributed by atoms with Crippen molar-refractivity contribution in [2.24, 2.45) is 13.0 Å². The van der Waals surface area contributed by atoms with Crippen LogP contribution < -0.4 is 10.6 Å². The van der Waals surface area contributed by atoms with Crippen molar-refractivity contribution < 1.29 is 9.59 Å². The Labute approximate surface area is 131 Å². The van der Waals surface area contributed by atoms with E-state index in [-0.39, 0.29) is 30.2 Å². The van der Waals surface area contributed by atoms with Crippen molar-refractivity contribution in [2.75, 3.05) is 32.7 Å². The summed E-state index contributed by atoms with van der Waals surface area (Å²) in [6, 6.07) is 0. The van der Waals surface area contributed by atoms with Crippen LogP contribution in [0.2, 0.25) is 0 Å². The molecule has 1 aromatic rings. The molecule has 1 fully saturated rings. The molecule has 1 aliphatic rings. The van der Waals surface area contributed by atoms with Crippen molar-refractivity contribution in [3.63, 3.8) is 0 Å². The molecular weight excluding hydrogens is 282 g/mol. The van der Waals surface area contributed by atoms with Gasteiger partial charge in [0.05, 0.1) is 18.7 Å². The Morgan fingerprint density at radius 1 is 1.45 bits per heavy atom. The fourth-order valence-corrected chi connectivity index (χ4v) is 2.93. The molecule has 0 saturated carbocycles. The van der Waals surface area contributed by atoms with Crippen LogP contribution in [-0.2, 0) is 16.6 Å². The highest BCUT2D eigenvalue weighted by Crippen LogP contribution is 2.29. The van der Waals surface area contributed by atoms with Crippen molar-refractivity contribution in [1.29, 1.82) is 0 Å². The number of nitrogens with zero attached hydrogens (tertiary/aromatic N) is 3. The standard InChI is InChI=1S/C15H25N5O2/c1-4-17-14(21)10-20(5-2)15(22)13-8-16-7-12(13)11-6-18-19(3)9-11/h6,9,12-13,16H,4-5,7-8,10H2,1-3H3,(H,17,21)/t12-,13+/m1/s1. The topological polar surface area (TPSA) is 79.3 Å². The van der Waals surface area contributed by atoms with Crippen LogP contribution >= 0.6 is 0 Å². The highest BCUT2D eigenvalue weighted by molar-refractivity contribution is 5.86. The van der Waals surface area contributed by atoms with Crippen LogP contribution in [0, 0.1) is 5.92 Å². The fourth-order valence-electron chi connectivity index (χ4n) is 2.93. The number of aryl methyl sites for hydroxylation is 1. The Bertz CT molecular complexity index is 528. The van der Waals surface area contributed by atoms with Crippen LogP contribution in [0.25, 0.3) is 0 Å². The Hall–Kier alpha value is -1.89. The second kappa shape index (κ2) is 7.40. The fraction of sp³-hybridized carbons (Fsp3) is 0.667. The van der Waals surface area contributed by atoms with E-state index in [0.717, 1.165) is 12.1 Å². The minimum absolute atomic E-state index is 0.0348. The summed E-state index contributed by atoms with van der Waals surface area (Å²) >= 11 is 0. The minimum Gasteiger partial charge on any atom is -0.355 e. The number of carbonyl (C=O) groups is 2. The summed E-state index contributed by atoms with van der Waals surface area (Å²) in [5.74, 6) is -0.0998. The molecule has 2 rings (SSSR count). The molecule has 1 aromatic heterocycles. The molecule has 0 bridgehead atoms. The van der Waals surface area contributed by atoms with Gasteiger partial charge in [0, 0.05) is 45.3 Å². The van der Waals surface area contributed by atoms with Crippen molar-refractivity contribution in [3.8, 4) is 0 Å². The summed E-state index contributed by atoms with van der Waals surface area (Å²) in [4.78, 5) is 26.2. The van der Waals surface area contributed by atoms with E-state index < -0.39 is 0 Å². The van der Waals surface area contributed by atoms with E-state index in [9.17, 15) is 9.59 Å². The zero-order chi connectivity index (χ0) is 16.1. The van der Waals surface area contributed by atoms with Crippen molar-refractivity contribution in [1.82, 2.24) is 25.3 Å². The van der Waals surface area contributed by atoms with Gasteiger partial charge in [0.25, 0.3) is 0 Å². The van der Waals surface area contributed by atoms with Crippen LogP contribution in [0.15, 0.2) is 12.4 Å². The first-order chi connectivity index (χ1) is 10.6. The summed E-state index contributed by atoms with van der Waals surface area (Å²) < 4.78 is 1.75. The first kappa shape index (κ1) is 16.5. The second-order valence-electron chi connectivity index (χ2n) is 5.62. The molecule has 1 aliphatic heterocycles. The molecule has 7 heteroatoms. The molecule has 2 amide bonds. The maximum atomic E-state index is 12.8. The number of aromatic nitrogens is 2. The summed E-state index contributed by atoms with van der Waals surface area (Å²) in [7, 11) is 1.87. The quantitative estimate of drug-likeness (QED) is 0.757. The number of likely N-dealkylation sites (N-methyl/N-ethyl adjacent to an activating group) is 2. The summed E-state index contributed by atoms with van der Waals surface area (Å²) in [5.41, 5.74) is 1.07. The molecule has 2 heterocycles. The van der Waals surface area contributed by atoms with E-state index in [1.54, 1.807) is 9.58 Å². The third-order valence-electron chi connectivity index (χ3n) is 4.09. The van der Waals surface area contributed by atoms with Gasteiger partial charge in [-0.3, -0.25) is 14.3 Å². The van der Waals surface area contributed by atoms with Crippen LogP contribution in [0.3, 0.4) is 0 Å². The number of rotatable bonds is 6. The van der Waals surface area contributed by atoms with Crippen molar-refractivity contribution >= 4 is 11.8 Å². The van der Waals surface area contributed by atoms with E-state index in [2.05, 4.69) is 15.7 Å². The minimum atomic E-state index is -0.140. The molecule has 7 nitrogen and oxygen atoms in total. The molecular formula is C15H25N5O2. The monoisotopic (exact) mass is 307 g/mol. The zero-order valence-electron chi connectivity index (χ0n) is 13.5. The highest BCUT2D eigenvalue weighted by Gasteiger charge is 2.37. The molecule has 0 aliphatic carbocycles. The maximum absolute atomic E-state index is 12.8. The first-order valence-corrected chi connectivity index (χ1v) is 7.81. The van der Waals surface area contributed by atoms with E-state index in [1.807, 2.05) is 33.3 Å². The zero-order valence-corrected chi connectivity index (χ0v) is 13.5. The Balaban J connectivity index is 2.07. The Kier molecular flexibility index (Phi) is 5.54. The van der Waals surface area contributed by atoms with Gasteiger partial charge in [0.2, 0.25) is 11.8 Å². The van der Waals surface area contributed by atoms with Crippen molar-refractivity contribution in [2.45, 2.75) is 19.8 Å². The molecule has 0 radical (unpaired) electrons. The van der Waals surface area contributed by atoms with Gasteiger partial charge in [-0.15, -0.1) is 0 Å². The van der Waals surface area contributed by atoms with Crippen LogP contribution in [0.1, 0.15) is 25.3 Å². The third kappa shape index (κ3) is 3.65. The Morgan fingerprint density at radius 3 is 2.82 bits per heavy atom. The number of hydrogen-bond acceptors (Lipinski definition) is 4. The van der Waals surface area contributed by atoms with Crippen LogP contribution in [0.5, 0.6) is 0 Å². The summed E-state index contributed by atoms with van der Waals surface area (Å²) in [6.07, 6.45) is 3.77. The lowest BCUT2D eigenvalue weighted by Gasteiger charge is -2.26. The van der Waals surface area contributed by atoms with E-state index >= 15 is 0 Å². The van der Waals surface area contributed by atoms with E-state index in [1.165, 1.54) is 0 Å². The average molecular weight is 307 g/mol. The molecule has 1 saturated heterocycles. The van der Waals surface area contributed by atoms with Gasteiger partial charge >= 0.3 is 0 Å². The maximum Gasteiger partial charge on any atom is 0.239 e. The van der Waals surface area contributed by atoms with Crippen LogP contribution in [0.4, 0.5) is 0 Å². The largest absolute Gasteiger partial charge is 0.355 e. The second-order valence-corrected chi connectivity index (χ2v) is 5.62. The SMILES string of the molecule is CCNC(=O)CN(CC)C(=O)[C@H]1CNC[C@@H]1c1cnn(C)c1. The molecule has 0 spiro atoms. The van der Waals surface area contributed by atoms with Gasteiger partial charge < -0.3 is 15.5 Å². The molecule has 0 unspecified atom stereocenters. The normalized spacial score (nSPS) is 20.9. The molecule has 0 aromatic carbocycles. The lowest BCUT2D eigenvalue weighted by atomic mass is 9.90. The first-order valence-electron chi connectivity index (χ1n) is 7.81. The average Bonchev–Trinajstić information content (AvgIpc) is 3.12. The van der Waals surface area contributed by atoms with Gasteiger partial charge in [0.1, 0.15) is 0 Å². The lowest BCUT2D eigenvalue weighted by Crippen LogP contribution is -2.44. The highest BCUT2D eigenvalue weighted by atomic mass is 16.2. The van der Waals surface area contributed by atoms with Gasteiger partial charge in [-0.25, -0.2) is 0 Å². The summed E-state index contributed by atoms with van der Waals surface area (Å²) in [6.45, 7) is 6.42. The lowest BCUT2D eigenvalue weighted by molar-refractivity contribution is -0.139. The van der Waals surface area contributed by atoms with Gasteiger partial charge in [0.15, 0.2) is 0 Å². The molecule has 122 valence electrons. The number of amides is 2. The molecule has 22 heavy (non-hydrogen) atoms. The van der Waals surface area contributed by atoms with E-state index in [4.69, 9.17) is 0 Å². The van der Waals surface area contributed by atoms with Crippen molar-refractivity contribution in [3.05, 3.63) is 18.0 Å². The smallest absolute Gasteiger partial charge is 0.239 e. The van der Waals surface area contributed by atoms with Gasteiger partial charge in [-0.05, 0) is 19.4 Å². The predicted molar refractivity (Wildman–Crippen MR) is 83.2 cm³/mol. The molecule has 2 N–H and O–H groups in total. The number of nitrogens with one attached hydrogen (secondary N) is 2. The molecule has 2 atom stereocenters. The Morgan fingerprint density at radius 2 is 2.23 bits per heavy atom. The van der Waals surface area contributed by atoms with Gasteiger partial charge in [-0.1, -0.05) is 0 Å². The third-order valence-corrected chi connectivity index (χ3v) is 4.09. The number of carbonyl (C=O) groups excluding carboxylic acids is 2.